The van der Waals surface area contributed by atoms with E-state index < -0.39 is 0 Å². The van der Waals surface area contributed by atoms with Crippen LogP contribution in [0.3, 0.4) is 0 Å². The van der Waals surface area contributed by atoms with Crippen LogP contribution in [0.1, 0.15) is 13.3 Å². The van der Waals surface area contributed by atoms with E-state index in [2.05, 4.69) is 0 Å². The van der Waals surface area contributed by atoms with Gasteiger partial charge in [0.2, 0.25) is 0 Å². The summed E-state index contributed by atoms with van der Waals surface area (Å²) in [6.07, 6.45) is 0.354. The lowest BCUT2D eigenvalue weighted by molar-refractivity contribution is -0.143. The van der Waals surface area contributed by atoms with Crippen LogP contribution < -0.4 is 4.74 Å². The fourth-order valence-electron chi connectivity index (χ4n) is 1.02. The molecule has 0 N–H and O–H groups in total. The van der Waals surface area contributed by atoms with Gasteiger partial charge < -0.3 is 9.47 Å². The zero-order valence-electron chi connectivity index (χ0n) is 8.83. The second kappa shape index (κ2) is 6.61. The molecule has 0 aliphatic heterocycles. The number of hydrogen-bond donors (Lipinski definition) is 0. The fourth-order valence-corrected chi connectivity index (χ4v) is 1.53. The minimum atomic E-state index is -0.256. The first-order valence-electron chi connectivity index (χ1n) is 4.87. The van der Waals surface area contributed by atoms with Crippen LogP contribution in [-0.2, 0) is 9.53 Å². The molecule has 88 valence electrons. The molecule has 0 saturated heterocycles. The van der Waals surface area contributed by atoms with E-state index in [4.69, 9.17) is 32.7 Å². The van der Waals surface area contributed by atoms with Gasteiger partial charge >= 0.3 is 5.97 Å². The van der Waals surface area contributed by atoms with Gasteiger partial charge in [0.25, 0.3) is 0 Å². The number of carbonyl (C=O) groups excluding carboxylic acids is 1. The van der Waals surface area contributed by atoms with Crippen molar-refractivity contribution in [1.29, 1.82) is 0 Å². The Morgan fingerprint density at radius 3 is 2.44 bits per heavy atom. The standard InChI is InChI=1S/C11H12Cl2O3/c1-2-10(14)15-6-7-16-11-8(12)4-3-5-9(11)13/h3-5H,2,6-7H2,1H3. The smallest absolute Gasteiger partial charge is 0.305 e. The Morgan fingerprint density at radius 1 is 1.25 bits per heavy atom. The average molecular weight is 263 g/mol. The van der Waals surface area contributed by atoms with Gasteiger partial charge in [0, 0.05) is 6.42 Å². The molecule has 0 atom stereocenters. The minimum Gasteiger partial charge on any atom is -0.487 e. The lowest BCUT2D eigenvalue weighted by Gasteiger charge is -2.09. The number of para-hydroxylation sites is 1. The number of carbonyl (C=O) groups is 1. The second-order valence-electron chi connectivity index (χ2n) is 2.97. The molecule has 0 fully saturated rings. The summed E-state index contributed by atoms with van der Waals surface area (Å²) in [7, 11) is 0. The van der Waals surface area contributed by atoms with Crippen molar-refractivity contribution < 1.29 is 14.3 Å². The van der Waals surface area contributed by atoms with Gasteiger partial charge in [-0.05, 0) is 12.1 Å². The Balaban J connectivity index is 2.40. The van der Waals surface area contributed by atoms with Gasteiger partial charge in [-0.15, -0.1) is 0 Å². The monoisotopic (exact) mass is 262 g/mol. The van der Waals surface area contributed by atoms with E-state index in [9.17, 15) is 4.79 Å². The molecule has 0 heterocycles. The molecule has 0 aliphatic rings. The largest absolute Gasteiger partial charge is 0.487 e. The normalized spacial score (nSPS) is 9.94. The lowest BCUT2D eigenvalue weighted by Crippen LogP contribution is -2.11. The van der Waals surface area contributed by atoms with Gasteiger partial charge in [-0.1, -0.05) is 36.2 Å². The number of esters is 1. The van der Waals surface area contributed by atoms with Crippen molar-refractivity contribution in [1.82, 2.24) is 0 Å². The van der Waals surface area contributed by atoms with Crippen molar-refractivity contribution >= 4 is 29.2 Å². The van der Waals surface area contributed by atoms with Gasteiger partial charge in [-0.3, -0.25) is 4.79 Å². The minimum absolute atomic E-state index is 0.189. The Morgan fingerprint density at radius 2 is 1.88 bits per heavy atom. The Hall–Kier alpha value is -0.930. The van der Waals surface area contributed by atoms with E-state index in [0.717, 1.165) is 0 Å². The van der Waals surface area contributed by atoms with Gasteiger partial charge in [0.05, 0.1) is 10.0 Å². The Labute approximate surface area is 104 Å². The number of benzene rings is 1. The van der Waals surface area contributed by atoms with Gasteiger partial charge in [-0.2, -0.15) is 0 Å². The molecule has 16 heavy (non-hydrogen) atoms. The maximum Gasteiger partial charge on any atom is 0.305 e. The van der Waals surface area contributed by atoms with Crippen molar-refractivity contribution in [2.24, 2.45) is 0 Å². The number of rotatable bonds is 5. The van der Waals surface area contributed by atoms with E-state index in [1.54, 1.807) is 25.1 Å². The maximum absolute atomic E-state index is 10.8. The highest BCUT2D eigenvalue weighted by Crippen LogP contribution is 2.32. The summed E-state index contributed by atoms with van der Waals surface area (Å²) < 4.78 is 10.2. The summed E-state index contributed by atoms with van der Waals surface area (Å²) in [5.41, 5.74) is 0. The molecule has 0 aromatic heterocycles. The molecular weight excluding hydrogens is 251 g/mol. The van der Waals surface area contributed by atoms with Gasteiger partial charge in [-0.25, -0.2) is 0 Å². The molecule has 1 rings (SSSR count). The van der Waals surface area contributed by atoms with E-state index >= 15 is 0 Å². The molecule has 5 heteroatoms. The molecule has 3 nitrogen and oxygen atoms in total. The average Bonchev–Trinajstić information content (AvgIpc) is 2.27. The highest BCUT2D eigenvalue weighted by Gasteiger charge is 2.06. The van der Waals surface area contributed by atoms with Crippen molar-refractivity contribution in [3.05, 3.63) is 28.2 Å². The number of hydrogen-bond acceptors (Lipinski definition) is 3. The third kappa shape index (κ3) is 3.91. The molecule has 0 spiro atoms. The van der Waals surface area contributed by atoms with E-state index in [-0.39, 0.29) is 19.2 Å². The van der Waals surface area contributed by atoms with Crippen LogP contribution in [-0.4, -0.2) is 19.2 Å². The molecule has 0 radical (unpaired) electrons. The van der Waals surface area contributed by atoms with Crippen molar-refractivity contribution in [2.75, 3.05) is 13.2 Å². The van der Waals surface area contributed by atoms with Crippen molar-refractivity contribution in [3.8, 4) is 5.75 Å². The highest BCUT2D eigenvalue weighted by molar-refractivity contribution is 6.37. The molecule has 0 unspecified atom stereocenters. The summed E-state index contributed by atoms with van der Waals surface area (Å²) >= 11 is 11.8. The van der Waals surface area contributed by atoms with Gasteiger partial charge in [0.15, 0.2) is 5.75 Å². The van der Waals surface area contributed by atoms with Crippen LogP contribution in [0.4, 0.5) is 0 Å². The van der Waals surface area contributed by atoms with Crippen LogP contribution in [0.5, 0.6) is 5.75 Å². The summed E-state index contributed by atoms with van der Waals surface area (Å²) in [5.74, 6) is 0.159. The molecule has 0 bridgehead atoms. The molecular formula is C11H12Cl2O3. The van der Waals surface area contributed by atoms with Crippen LogP contribution in [0.15, 0.2) is 18.2 Å². The Bertz CT molecular complexity index is 346. The Kier molecular flexibility index (Phi) is 5.43. The molecule has 0 saturated carbocycles. The van der Waals surface area contributed by atoms with Crippen LogP contribution in [0.2, 0.25) is 10.0 Å². The van der Waals surface area contributed by atoms with Crippen LogP contribution in [0.25, 0.3) is 0 Å². The third-order valence-electron chi connectivity index (χ3n) is 1.80. The molecule has 1 aromatic rings. The fraction of sp³-hybridized carbons (Fsp3) is 0.364. The predicted octanol–water partition coefficient (Wildman–Crippen LogP) is 3.33. The summed E-state index contributed by atoms with van der Waals surface area (Å²) in [4.78, 5) is 10.8. The van der Waals surface area contributed by atoms with Crippen molar-refractivity contribution in [2.45, 2.75) is 13.3 Å². The first kappa shape index (κ1) is 13.1. The van der Waals surface area contributed by atoms with E-state index in [0.29, 0.717) is 22.2 Å². The lowest BCUT2D eigenvalue weighted by atomic mass is 10.3. The quantitative estimate of drug-likeness (QED) is 0.603. The third-order valence-corrected chi connectivity index (χ3v) is 2.40. The van der Waals surface area contributed by atoms with Gasteiger partial charge in [0.1, 0.15) is 13.2 Å². The molecule has 0 aliphatic carbocycles. The number of ether oxygens (including phenoxy) is 2. The van der Waals surface area contributed by atoms with Crippen molar-refractivity contribution in [3.63, 3.8) is 0 Å². The molecule has 1 aromatic carbocycles. The summed E-state index contributed by atoms with van der Waals surface area (Å²) in [6, 6.07) is 5.09. The van der Waals surface area contributed by atoms with Crippen LogP contribution in [0, 0.1) is 0 Å². The maximum atomic E-state index is 10.8. The summed E-state index contributed by atoms with van der Waals surface area (Å²) in [5, 5.41) is 0.878. The first-order valence-corrected chi connectivity index (χ1v) is 5.63. The zero-order valence-corrected chi connectivity index (χ0v) is 10.3. The first-order chi connectivity index (χ1) is 7.65. The highest BCUT2D eigenvalue weighted by atomic mass is 35.5. The topological polar surface area (TPSA) is 35.5 Å². The van der Waals surface area contributed by atoms with E-state index in [1.165, 1.54) is 0 Å². The van der Waals surface area contributed by atoms with E-state index in [1.807, 2.05) is 0 Å². The number of halogens is 2. The van der Waals surface area contributed by atoms with Crippen LogP contribution >= 0.6 is 23.2 Å². The predicted molar refractivity (Wildman–Crippen MR) is 63.2 cm³/mol. The SMILES string of the molecule is CCC(=O)OCCOc1c(Cl)cccc1Cl. The zero-order chi connectivity index (χ0) is 12.0. The molecule has 0 amide bonds. The summed E-state index contributed by atoms with van der Waals surface area (Å²) in [6.45, 7) is 2.15. The second-order valence-corrected chi connectivity index (χ2v) is 3.79.